The van der Waals surface area contributed by atoms with E-state index in [-0.39, 0.29) is 11.8 Å². The molecule has 1 N–H and O–H groups in total. The van der Waals surface area contributed by atoms with Crippen molar-refractivity contribution in [1.82, 2.24) is 9.97 Å². The van der Waals surface area contributed by atoms with Crippen molar-refractivity contribution in [1.29, 1.82) is 0 Å². The van der Waals surface area contributed by atoms with Crippen molar-refractivity contribution in [2.24, 2.45) is 0 Å². The van der Waals surface area contributed by atoms with Gasteiger partial charge in [-0.3, -0.25) is 4.79 Å². The summed E-state index contributed by atoms with van der Waals surface area (Å²) < 4.78 is 5.51. The van der Waals surface area contributed by atoms with E-state index in [1.807, 2.05) is 49.4 Å². The Labute approximate surface area is 183 Å². The third-order valence-electron chi connectivity index (χ3n) is 4.91. The second-order valence-electron chi connectivity index (χ2n) is 7.09. The summed E-state index contributed by atoms with van der Waals surface area (Å²) in [5, 5.41) is 4.02. The summed E-state index contributed by atoms with van der Waals surface area (Å²) in [6.07, 6.45) is 2.12. The number of anilines is 2. The smallest absolute Gasteiger partial charge is 0.348 e. The number of esters is 1. The largest absolute Gasteiger partial charge is 0.461 e. The van der Waals surface area contributed by atoms with Gasteiger partial charge in [-0.05, 0) is 37.1 Å². The van der Waals surface area contributed by atoms with Crippen LogP contribution in [0.5, 0.6) is 0 Å². The Hall–Kier alpha value is -3.58. The summed E-state index contributed by atoms with van der Waals surface area (Å²) in [7, 11) is 0. The number of aromatic nitrogens is 2. The Kier molecular flexibility index (Phi) is 6.04. The molecule has 0 saturated carbocycles. The summed E-state index contributed by atoms with van der Waals surface area (Å²) in [6.45, 7) is 3.71. The van der Waals surface area contributed by atoms with Crippen molar-refractivity contribution in [3.63, 3.8) is 0 Å². The fourth-order valence-electron chi connectivity index (χ4n) is 3.29. The van der Waals surface area contributed by atoms with Crippen LogP contribution in [0.1, 0.15) is 38.1 Å². The lowest BCUT2D eigenvalue weighted by Crippen LogP contribution is -2.07. The zero-order valence-corrected chi connectivity index (χ0v) is 18.0. The van der Waals surface area contributed by atoms with Crippen molar-refractivity contribution in [2.45, 2.75) is 20.3 Å². The first kappa shape index (κ1) is 20.7. The molecule has 7 heteroatoms. The maximum absolute atomic E-state index is 12.7. The fraction of sp³-hybridized carbons (Fsp3) is 0.167. The lowest BCUT2D eigenvalue weighted by molar-refractivity contribution is 0.0514. The van der Waals surface area contributed by atoms with Crippen LogP contribution < -0.4 is 5.32 Å². The zero-order chi connectivity index (χ0) is 21.8. The van der Waals surface area contributed by atoms with Gasteiger partial charge >= 0.3 is 5.97 Å². The maximum atomic E-state index is 12.7. The molecule has 0 aliphatic heterocycles. The first-order valence-corrected chi connectivity index (χ1v) is 10.7. The van der Waals surface area contributed by atoms with Gasteiger partial charge in [-0.2, -0.15) is 0 Å². The van der Waals surface area contributed by atoms with Gasteiger partial charge in [0.25, 0.3) is 0 Å². The number of carbonyl (C=O) groups is 2. The molecule has 0 spiro atoms. The standard InChI is InChI=1S/C24H21N3O3S/c1-15-20-22(27-19-10-6-9-18(13-19)16(2)28)25-14-26-23(20)31-21(15)24(29)30-12-11-17-7-4-3-5-8-17/h3-10,13-14H,11-12H2,1-2H3,(H,25,26,27). The lowest BCUT2D eigenvalue weighted by atomic mass is 10.1. The SMILES string of the molecule is CC(=O)c1cccc(Nc2ncnc3sc(C(=O)OCCc4ccccc4)c(C)c23)c1. The number of hydrogen-bond donors (Lipinski definition) is 1. The number of ketones is 1. The van der Waals surface area contributed by atoms with E-state index in [2.05, 4.69) is 15.3 Å². The van der Waals surface area contributed by atoms with Gasteiger partial charge in [0.1, 0.15) is 21.9 Å². The maximum Gasteiger partial charge on any atom is 0.348 e. The number of nitrogens with one attached hydrogen (secondary N) is 1. The molecular formula is C24H21N3O3S. The first-order valence-electron chi connectivity index (χ1n) is 9.86. The van der Waals surface area contributed by atoms with Crippen molar-refractivity contribution in [2.75, 3.05) is 11.9 Å². The van der Waals surface area contributed by atoms with E-state index in [9.17, 15) is 9.59 Å². The van der Waals surface area contributed by atoms with Crippen LogP contribution in [0.15, 0.2) is 60.9 Å². The quantitative estimate of drug-likeness (QED) is 0.314. The summed E-state index contributed by atoms with van der Waals surface area (Å²) >= 11 is 1.29. The van der Waals surface area contributed by atoms with Crippen molar-refractivity contribution in [3.05, 3.63) is 82.5 Å². The van der Waals surface area contributed by atoms with E-state index in [0.29, 0.717) is 34.1 Å². The van der Waals surface area contributed by atoms with Crippen LogP contribution in [0.2, 0.25) is 0 Å². The minimum atomic E-state index is -0.360. The zero-order valence-electron chi connectivity index (χ0n) is 17.2. The average Bonchev–Trinajstić information content (AvgIpc) is 3.12. The Bertz CT molecular complexity index is 1250. The minimum Gasteiger partial charge on any atom is -0.461 e. The highest BCUT2D eigenvalue weighted by atomic mass is 32.1. The van der Waals surface area contributed by atoms with Crippen LogP contribution in [-0.2, 0) is 11.2 Å². The minimum absolute atomic E-state index is 0.0104. The highest BCUT2D eigenvalue weighted by molar-refractivity contribution is 7.20. The molecule has 2 aromatic carbocycles. The molecule has 0 bridgehead atoms. The van der Waals surface area contributed by atoms with E-state index in [1.54, 1.807) is 12.1 Å². The van der Waals surface area contributed by atoms with Crippen molar-refractivity contribution >= 4 is 44.8 Å². The van der Waals surface area contributed by atoms with Crippen LogP contribution in [-0.4, -0.2) is 28.3 Å². The van der Waals surface area contributed by atoms with Crippen LogP contribution in [0, 0.1) is 6.92 Å². The van der Waals surface area contributed by atoms with Crippen LogP contribution in [0.4, 0.5) is 11.5 Å². The van der Waals surface area contributed by atoms with Gasteiger partial charge in [0, 0.05) is 17.7 Å². The van der Waals surface area contributed by atoms with E-state index in [0.717, 1.165) is 22.2 Å². The van der Waals surface area contributed by atoms with Crippen molar-refractivity contribution < 1.29 is 14.3 Å². The molecule has 2 heterocycles. The van der Waals surface area contributed by atoms with Gasteiger partial charge in [-0.15, -0.1) is 11.3 Å². The average molecular weight is 432 g/mol. The van der Waals surface area contributed by atoms with Gasteiger partial charge in [-0.25, -0.2) is 14.8 Å². The van der Waals surface area contributed by atoms with E-state index in [4.69, 9.17) is 4.74 Å². The van der Waals surface area contributed by atoms with E-state index >= 15 is 0 Å². The number of hydrogen-bond acceptors (Lipinski definition) is 7. The molecule has 31 heavy (non-hydrogen) atoms. The van der Waals surface area contributed by atoms with Gasteiger partial charge in [0.2, 0.25) is 0 Å². The van der Waals surface area contributed by atoms with Crippen LogP contribution >= 0.6 is 11.3 Å². The Morgan fingerprint density at radius 2 is 1.87 bits per heavy atom. The number of thiophene rings is 1. The van der Waals surface area contributed by atoms with Crippen molar-refractivity contribution in [3.8, 4) is 0 Å². The molecule has 156 valence electrons. The monoisotopic (exact) mass is 431 g/mol. The number of rotatable bonds is 7. The summed E-state index contributed by atoms with van der Waals surface area (Å²) in [5.74, 6) is 0.215. The predicted molar refractivity (Wildman–Crippen MR) is 122 cm³/mol. The molecule has 0 aliphatic carbocycles. The highest BCUT2D eigenvalue weighted by Crippen LogP contribution is 2.35. The summed E-state index contributed by atoms with van der Waals surface area (Å²) in [4.78, 5) is 34.3. The molecule has 0 atom stereocenters. The number of nitrogens with zero attached hydrogens (tertiary/aromatic N) is 2. The summed E-state index contributed by atoms with van der Waals surface area (Å²) in [6, 6.07) is 17.1. The number of aryl methyl sites for hydroxylation is 1. The number of ether oxygens (including phenoxy) is 1. The second-order valence-corrected chi connectivity index (χ2v) is 8.09. The number of benzene rings is 2. The molecule has 2 aromatic heterocycles. The molecule has 0 radical (unpaired) electrons. The second kappa shape index (κ2) is 9.06. The molecule has 0 saturated heterocycles. The molecule has 0 amide bonds. The molecule has 0 unspecified atom stereocenters. The van der Waals surface area contributed by atoms with Gasteiger partial charge in [0.15, 0.2) is 5.78 Å². The predicted octanol–water partition coefficient (Wildman–Crippen LogP) is 5.35. The van der Waals surface area contributed by atoms with Crippen LogP contribution in [0.25, 0.3) is 10.2 Å². The summed E-state index contributed by atoms with van der Waals surface area (Å²) in [5.41, 5.74) is 3.24. The number of carbonyl (C=O) groups excluding carboxylic acids is 2. The Morgan fingerprint density at radius 3 is 2.65 bits per heavy atom. The van der Waals surface area contributed by atoms with Gasteiger partial charge in [-0.1, -0.05) is 42.5 Å². The normalized spacial score (nSPS) is 10.8. The third-order valence-corrected chi connectivity index (χ3v) is 6.09. The Balaban J connectivity index is 1.55. The first-order chi connectivity index (χ1) is 15.0. The van der Waals surface area contributed by atoms with Gasteiger partial charge in [0.05, 0.1) is 12.0 Å². The van der Waals surface area contributed by atoms with E-state index < -0.39 is 0 Å². The molecule has 4 rings (SSSR count). The Morgan fingerprint density at radius 1 is 1.06 bits per heavy atom. The topological polar surface area (TPSA) is 81.2 Å². The molecule has 0 aliphatic rings. The number of fused-ring (bicyclic) bond motifs is 1. The third kappa shape index (κ3) is 4.62. The molecular weight excluding hydrogens is 410 g/mol. The number of Topliss-reactive ketones (excluding diaryl/α,β-unsaturated/α-hetero) is 1. The lowest BCUT2D eigenvalue weighted by Gasteiger charge is -2.08. The molecule has 6 nitrogen and oxygen atoms in total. The molecule has 4 aromatic rings. The highest BCUT2D eigenvalue weighted by Gasteiger charge is 2.20. The fourth-order valence-corrected chi connectivity index (χ4v) is 4.33. The van der Waals surface area contributed by atoms with Gasteiger partial charge < -0.3 is 10.1 Å². The van der Waals surface area contributed by atoms with Crippen LogP contribution in [0.3, 0.4) is 0 Å². The van der Waals surface area contributed by atoms with E-state index in [1.165, 1.54) is 24.6 Å². The molecule has 0 fully saturated rings.